The number of pyridine rings is 1. The summed E-state index contributed by atoms with van der Waals surface area (Å²) in [5, 5.41) is 13.5. The fraction of sp³-hybridized carbons (Fsp3) is 0.348. The van der Waals surface area contributed by atoms with Crippen molar-refractivity contribution in [3.8, 4) is 0 Å². The molecule has 3 aromatic rings. The summed E-state index contributed by atoms with van der Waals surface area (Å²) >= 11 is 7.70. The van der Waals surface area contributed by atoms with E-state index in [1.807, 2.05) is 16.9 Å². The number of thiophene rings is 1. The molecule has 11 nitrogen and oxygen atoms in total. The predicted molar refractivity (Wildman–Crippen MR) is 136 cm³/mol. The van der Waals surface area contributed by atoms with Crippen molar-refractivity contribution in [2.75, 3.05) is 11.9 Å². The maximum absolute atomic E-state index is 13.5. The van der Waals surface area contributed by atoms with Gasteiger partial charge in [-0.3, -0.25) is 14.3 Å². The number of nitrogens with zero attached hydrogens (tertiary/aromatic N) is 3. The number of hydrogen-bond acceptors (Lipinski definition) is 10. The Morgan fingerprint density at radius 1 is 1.30 bits per heavy atom. The minimum atomic E-state index is -4.41. The first-order chi connectivity index (χ1) is 17.7. The summed E-state index contributed by atoms with van der Waals surface area (Å²) in [5.74, 6) is -0.577. The Morgan fingerprint density at radius 3 is 2.95 bits per heavy atom. The van der Waals surface area contributed by atoms with Crippen LogP contribution in [-0.4, -0.2) is 57.6 Å². The van der Waals surface area contributed by atoms with E-state index in [0.29, 0.717) is 27.8 Å². The van der Waals surface area contributed by atoms with Gasteiger partial charge in [-0.15, -0.1) is 11.3 Å². The van der Waals surface area contributed by atoms with E-state index in [9.17, 15) is 18.3 Å². The third kappa shape index (κ3) is 5.82. The number of ether oxygens (including phenoxy) is 1. The molecule has 4 atom stereocenters. The molecule has 0 amide bonds. The quantitative estimate of drug-likeness (QED) is 0.236. The van der Waals surface area contributed by atoms with E-state index in [-0.39, 0.29) is 29.6 Å². The molecule has 1 fully saturated rings. The number of hydrogen-bond donors (Lipinski definition) is 4. The standard InChI is InChI=1S/C23H23ClN5O6S2/c24-22-15(21-19-12(3-5-35-21)2-1-4-26-19)8-18(36-22)20(31)16-10-25-11-27-23(16)29-14-6-13(17(30)7-14)9-28-37(32,33)34/h1-2,4,8-11,13-14,17,21,28,30H,3,5-7H2,(H,25,27,29)(H,32,33,34)/t13-,14-,17+,21+/m1/s1. The van der Waals surface area contributed by atoms with E-state index in [1.54, 1.807) is 12.3 Å². The first kappa shape index (κ1) is 26.1. The van der Waals surface area contributed by atoms with Gasteiger partial charge in [0.2, 0.25) is 5.78 Å². The molecule has 0 saturated heterocycles. The fourth-order valence-electron chi connectivity index (χ4n) is 4.63. The lowest BCUT2D eigenvalue weighted by molar-refractivity contribution is 0.0667. The van der Waals surface area contributed by atoms with Crippen molar-refractivity contribution < 1.29 is 27.6 Å². The number of nitrogens with one attached hydrogen (secondary N) is 2. The van der Waals surface area contributed by atoms with Gasteiger partial charge in [-0.25, -0.2) is 9.97 Å². The number of aromatic nitrogens is 3. The first-order valence-corrected chi connectivity index (χ1v) is 14.0. The SMILES string of the molecule is O=C(c1cc([C@@H]2OCCc3cccnc32)c(Cl)s1)c1cncnc1N[C@H]1C[C@H](O)[C@@H]([CH]NS(=O)(=O)O)C1. The van der Waals surface area contributed by atoms with Gasteiger partial charge in [0.05, 0.1) is 33.2 Å². The van der Waals surface area contributed by atoms with Crippen molar-refractivity contribution >= 4 is 44.8 Å². The number of carbonyl (C=O) groups excluding carboxylic acids is 1. The topological polar surface area (TPSA) is 164 Å². The van der Waals surface area contributed by atoms with Crippen LogP contribution in [0, 0.1) is 12.5 Å². The highest BCUT2D eigenvalue weighted by atomic mass is 35.5. The lowest BCUT2D eigenvalue weighted by atomic mass is 9.99. The molecule has 4 heterocycles. The molecule has 3 aromatic heterocycles. The number of aliphatic hydroxyl groups is 1. The number of rotatable bonds is 8. The molecular weight excluding hydrogens is 542 g/mol. The minimum absolute atomic E-state index is 0.230. The fourth-order valence-corrected chi connectivity index (χ4v) is 6.25. The summed E-state index contributed by atoms with van der Waals surface area (Å²) in [7, 11) is -4.41. The van der Waals surface area contributed by atoms with E-state index in [4.69, 9.17) is 20.9 Å². The van der Waals surface area contributed by atoms with Gasteiger partial charge < -0.3 is 15.2 Å². The van der Waals surface area contributed by atoms with Crippen LogP contribution in [0.15, 0.2) is 36.9 Å². The highest BCUT2D eigenvalue weighted by Crippen LogP contribution is 2.40. The Labute approximate surface area is 222 Å². The monoisotopic (exact) mass is 564 g/mol. The Bertz CT molecular complexity index is 1420. The zero-order valence-electron chi connectivity index (χ0n) is 19.2. The summed E-state index contributed by atoms with van der Waals surface area (Å²) in [6.45, 7) is 1.66. The largest absolute Gasteiger partial charge is 0.393 e. The molecule has 1 aliphatic heterocycles. The van der Waals surface area contributed by atoms with Crippen molar-refractivity contribution in [1.29, 1.82) is 0 Å². The predicted octanol–water partition coefficient (Wildman–Crippen LogP) is 2.59. The second-order valence-corrected chi connectivity index (χ2v) is 11.6. The number of carbonyl (C=O) groups is 1. The summed E-state index contributed by atoms with van der Waals surface area (Å²) in [6, 6.07) is 5.29. The molecule has 0 unspecified atom stereocenters. The second-order valence-electron chi connectivity index (χ2n) is 8.81. The van der Waals surface area contributed by atoms with Crippen LogP contribution < -0.4 is 10.0 Å². The average Bonchev–Trinajstić information content (AvgIpc) is 3.43. The first-order valence-electron chi connectivity index (χ1n) is 11.4. The molecular formula is C23H23ClN5O6S2. The summed E-state index contributed by atoms with van der Waals surface area (Å²) < 4.78 is 39.1. The maximum atomic E-state index is 13.5. The highest BCUT2D eigenvalue weighted by molar-refractivity contribution is 7.83. The van der Waals surface area contributed by atoms with E-state index in [2.05, 4.69) is 20.3 Å². The average molecular weight is 565 g/mol. The van der Waals surface area contributed by atoms with E-state index in [0.717, 1.165) is 35.6 Å². The minimum Gasteiger partial charge on any atom is -0.393 e. The smallest absolute Gasteiger partial charge is 0.333 e. The van der Waals surface area contributed by atoms with Crippen LogP contribution in [0.1, 0.15) is 51.0 Å². The maximum Gasteiger partial charge on any atom is 0.333 e. The molecule has 1 saturated carbocycles. The van der Waals surface area contributed by atoms with Crippen LogP contribution in [0.25, 0.3) is 0 Å². The zero-order valence-corrected chi connectivity index (χ0v) is 21.6. The van der Waals surface area contributed by atoms with Crippen LogP contribution in [-0.2, 0) is 21.5 Å². The summed E-state index contributed by atoms with van der Waals surface area (Å²) in [4.78, 5) is 26.6. The molecule has 0 bridgehead atoms. The number of ketones is 1. The Morgan fingerprint density at radius 2 is 2.14 bits per heavy atom. The molecule has 0 aromatic carbocycles. The van der Waals surface area contributed by atoms with Crippen LogP contribution >= 0.6 is 22.9 Å². The summed E-state index contributed by atoms with van der Waals surface area (Å²) in [5.41, 5.74) is 2.77. The molecule has 37 heavy (non-hydrogen) atoms. The Kier molecular flexibility index (Phi) is 7.54. The van der Waals surface area contributed by atoms with Crippen LogP contribution in [0.4, 0.5) is 5.82 Å². The van der Waals surface area contributed by atoms with Crippen molar-refractivity contribution in [1.82, 2.24) is 19.7 Å². The Balaban J connectivity index is 1.34. The molecule has 195 valence electrons. The van der Waals surface area contributed by atoms with Gasteiger partial charge in [-0.2, -0.15) is 13.1 Å². The van der Waals surface area contributed by atoms with Gasteiger partial charge in [-0.1, -0.05) is 17.7 Å². The number of aliphatic hydroxyl groups excluding tert-OH is 1. The van der Waals surface area contributed by atoms with Crippen molar-refractivity contribution in [2.24, 2.45) is 5.92 Å². The number of halogens is 1. The summed E-state index contributed by atoms with van der Waals surface area (Å²) in [6.07, 6.45) is 4.49. The van der Waals surface area contributed by atoms with Crippen molar-refractivity contribution in [3.05, 3.63) is 75.1 Å². The lowest BCUT2D eigenvalue weighted by Gasteiger charge is -2.24. The van der Waals surface area contributed by atoms with Crippen LogP contribution in [0.2, 0.25) is 4.34 Å². The van der Waals surface area contributed by atoms with E-state index < -0.39 is 28.4 Å². The molecule has 1 radical (unpaired) electrons. The zero-order chi connectivity index (χ0) is 26.2. The van der Waals surface area contributed by atoms with Gasteiger partial charge in [0.1, 0.15) is 18.2 Å². The second kappa shape index (κ2) is 10.7. The number of fused-ring (bicyclic) bond motifs is 1. The molecule has 0 spiro atoms. The van der Waals surface area contributed by atoms with Crippen LogP contribution in [0.3, 0.4) is 0 Å². The normalized spacial score (nSPS) is 23.5. The lowest BCUT2D eigenvalue weighted by Crippen LogP contribution is -2.27. The van der Waals surface area contributed by atoms with Gasteiger partial charge >= 0.3 is 10.3 Å². The van der Waals surface area contributed by atoms with Gasteiger partial charge in [0.25, 0.3) is 0 Å². The van der Waals surface area contributed by atoms with Gasteiger partial charge in [0, 0.05) is 36.5 Å². The molecule has 1 aliphatic carbocycles. The molecule has 14 heteroatoms. The third-order valence-corrected chi connectivity index (χ3v) is 8.18. The Hall–Kier alpha value is -2.52. The van der Waals surface area contributed by atoms with Crippen molar-refractivity contribution in [2.45, 2.75) is 37.5 Å². The molecule has 4 N–H and O–H groups in total. The van der Waals surface area contributed by atoms with E-state index in [1.165, 1.54) is 12.5 Å². The van der Waals surface area contributed by atoms with Gasteiger partial charge in [-0.05, 0) is 37.0 Å². The molecule has 2 aliphatic rings. The van der Waals surface area contributed by atoms with Crippen molar-refractivity contribution in [3.63, 3.8) is 0 Å². The van der Waals surface area contributed by atoms with Crippen LogP contribution in [0.5, 0.6) is 0 Å². The van der Waals surface area contributed by atoms with Gasteiger partial charge in [0.15, 0.2) is 0 Å². The van der Waals surface area contributed by atoms with E-state index >= 15 is 0 Å². The molecule has 5 rings (SSSR count). The highest BCUT2D eigenvalue weighted by Gasteiger charge is 2.35. The number of anilines is 1. The third-order valence-electron chi connectivity index (χ3n) is 6.36.